The smallest absolute Gasteiger partial charge is 0.223 e. The highest BCUT2D eigenvalue weighted by molar-refractivity contribution is 5.79. The van der Waals surface area contributed by atoms with Crippen LogP contribution in [0.1, 0.15) is 51.4 Å². The van der Waals surface area contributed by atoms with Gasteiger partial charge in [0.05, 0.1) is 0 Å². The molecule has 1 heterocycles. The molecule has 1 unspecified atom stereocenters. The van der Waals surface area contributed by atoms with Gasteiger partial charge in [0.2, 0.25) is 11.8 Å². The van der Waals surface area contributed by atoms with Gasteiger partial charge in [0.15, 0.2) is 0 Å². The van der Waals surface area contributed by atoms with E-state index in [4.69, 9.17) is 0 Å². The normalized spacial score (nSPS) is 23.5. The molecule has 0 saturated carbocycles. The number of carbonyl (C=O) groups excluding carboxylic acids is 2. The Bertz CT molecular complexity index is 365. The summed E-state index contributed by atoms with van der Waals surface area (Å²) >= 11 is 0. The molecule has 1 aliphatic heterocycles. The van der Waals surface area contributed by atoms with Crippen LogP contribution in [0.25, 0.3) is 0 Å². The van der Waals surface area contributed by atoms with Crippen LogP contribution in [0.2, 0.25) is 0 Å². The van der Waals surface area contributed by atoms with Crippen molar-refractivity contribution in [1.82, 2.24) is 10.2 Å². The van der Waals surface area contributed by atoms with E-state index < -0.39 is 0 Å². The van der Waals surface area contributed by atoms with E-state index in [1.54, 1.807) is 0 Å². The predicted octanol–water partition coefficient (Wildman–Crippen LogP) is 2.25. The molecule has 2 aliphatic rings. The average molecular weight is 278 g/mol. The summed E-state index contributed by atoms with van der Waals surface area (Å²) in [4.78, 5) is 25.7. The van der Waals surface area contributed by atoms with Crippen LogP contribution in [0.5, 0.6) is 0 Å². The lowest BCUT2D eigenvalue weighted by Crippen LogP contribution is -2.36. The van der Waals surface area contributed by atoms with Crippen molar-refractivity contribution < 1.29 is 9.59 Å². The highest BCUT2D eigenvalue weighted by Gasteiger charge is 2.19. The number of allylic oxidation sites excluding steroid dienone is 2. The molecule has 0 aromatic carbocycles. The first-order chi connectivity index (χ1) is 9.77. The van der Waals surface area contributed by atoms with Gasteiger partial charge in [-0.1, -0.05) is 18.6 Å². The molecule has 0 aromatic heterocycles. The summed E-state index contributed by atoms with van der Waals surface area (Å²) < 4.78 is 0. The Hall–Kier alpha value is -1.32. The Labute approximate surface area is 121 Å². The molecule has 2 rings (SSSR count). The van der Waals surface area contributed by atoms with Crippen molar-refractivity contribution in [2.75, 3.05) is 19.6 Å². The van der Waals surface area contributed by atoms with E-state index in [2.05, 4.69) is 17.5 Å². The molecular formula is C16H26N2O2. The summed E-state index contributed by atoms with van der Waals surface area (Å²) in [6.07, 6.45) is 12.0. The van der Waals surface area contributed by atoms with Crippen LogP contribution in [0.4, 0.5) is 0 Å². The lowest BCUT2D eigenvalue weighted by atomic mass is 9.94. The van der Waals surface area contributed by atoms with Crippen molar-refractivity contribution in [1.29, 1.82) is 0 Å². The first-order valence-corrected chi connectivity index (χ1v) is 7.98. The second-order valence-electron chi connectivity index (χ2n) is 5.82. The molecule has 4 nitrogen and oxygen atoms in total. The minimum atomic E-state index is 0.153. The van der Waals surface area contributed by atoms with E-state index in [0.717, 1.165) is 58.0 Å². The Kier molecular flexibility index (Phi) is 6.09. The van der Waals surface area contributed by atoms with Crippen LogP contribution in [0, 0.1) is 5.92 Å². The zero-order valence-electron chi connectivity index (χ0n) is 12.3. The quantitative estimate of drug-likeness (QED) is 0.619. The van der Waals surface area contributed by atoms with Crippen LogP contribution in [0.15, 0.2) is 12.2 Å². The third-order valence-corrected chi connectivity index (χ3v) is 4.22. The fourth-order valence-corrected chi connectivity index (χ4v) is 2.93. The van der Waals surface area contributed by atoms with E-state index in [0.29, 0.717) is 13.0 Å². The van der Waals surface area contributed by atoms with E-state index in [9.17, 15) is 9.59 Å². The van der Waals surface area contributed by atoms with Gasteiger partial charge in [0, 0.05) is 32.0 Å². The van der Waals surface area contributed by atoms with Crippen molar-refractivity contribution in [2.45, 2.75) is 51.4 Å². The Morgan fingerprint density at radius 3 is 3.00 bits per heavy atom. The van der Waals surface area contributed by atoms with E-state index >= 15 is 0 Å². The lowest BCUT2D eigenvalue weighted by molar-refractivity contribution is -0.130. The summed E-state index contributed by atoms with van der Waals surface area (Å²) in [7, 11) is 0. The van der Waals surface area contributed by atoms with Gasteiger partial charge in [-0.2, -0.15) is 0 Å². The molecule has 1 saturated heterocycles. The van der Waals surface area contributed by atoms with Crippen LogP contribution in [-0.4, -0.2) is 36.3 Å². The fourth-order valence-electron chi connectivity index (χ4n) is 2.93. The molecule has 112 valence electrons. The molecular weight excluding hydrogens is 252 g/mol. The number of hydrogen-bond acceptors (Lipinski definition) is 2. The molecule has 2 amide bonds. The number of rotatable bonds is 5. The molecule has 0 spiro atoms. The maximum Gasteiger partial charge on any atom is 0.223 e. The van der Waals surface area contributed by atoms with Gasteiger partial charge < -0.3 is 10.2 Å². The maximum atomic E-state index is 11.9. The molecule has 1 fully saturated rings. The first-order valence-electron chi connectivity index (χ1n) is 7.98. The number of nitrogens with one attached hydrogen (secondary N) is 1. The minimum absolute atomic E-state index is 0.153. The van der Waals surface area contributed by atoms with Gasteiger partial charge in [0.1, 0.15) is 0 Å². The number of hydrogen-bond donors (Lipinski definition) is 1. The van der Waals surface area contributed by atoms with Crippen molar-refractivity contribution in [3.63, 3.8) is 0 Å². The fraction of sp³-hybridized carbons (Fsp3) is 0.750. The van der Waals surface area contributed by atoms with Crippen molar-refractivity contribution in [3.05, 3.63) is 12.2 Å². The van der Waals surface area contributed by atoms with Gasteiger partial charge in [0.25, 0.3) is 0 Å². The van der Waals surface area contributed by atoms with Gasteiger partial charge in [-0.3, -0.25) is 9.59 Å². The van der Waals surface area contributed by atoms with Crippen LogP contribution >= 0.6 is 0 Å². The predicted molar refractivity (Wildman–Crippen MR) is 79.2 cm³/mol. The molecule has 0 radical (unpaired) electrons. The molecule has 1 aliphatic carbocycles. The van der Waals surface area contributed by atoms with Crippen LogP contribution < -0.4 is 5.32 Å². The summed E-state index contributed by atoms with van der Waals surface area (Å²) in [6, 6.07) is 0. The van der Waals surface area contributed by atoms with Gasteiger partial charge in [-0.15, -0.1) is 0 Å². The van der Waals surface area contributed by atoms with Crippen molar-refractivity contribution >= 4 is 11.8 Å². The summed E-state index contributed by atoms with van der Waals surface area (Å²) in [6.45, 7) is 2.35. The molecule has 0 bridgehead atoms. The number of amides is 2. The highest BCUT2D eigenvalue weighted by atomic mass is 16.2. The van der Waals surface area contributed by atoms with Crippen molar-refractivity contribution in [3.8, 4) is 0 Å². The first kappa shape index (κ1) is 15.1. The Morgan fingerprint density at radius 2 is 2.20 bits per heavy atom. The third kappa shape index (κ3) is 4.66. The van der Waals surface area contributed by atoms with Gasteiger partial charge in [-0.25, -0.2) is 0 Å². The van der Waals surface area contributed by atoms with E-state index in [1.807, 2.05) is 4.90 Å². The second-order valence-corrected chi connectivity index (χ2v) is 5.82. The molecule has 1 atom stereocenters. The minimum Gasteiger partial charge on any atom is -0.356 e. The number of carbonyl (C=O) groups is 2. The zero-order chi connectivity index (χ0) is 14.2. The van der Waals surface area contributed by atoms with Crippen LogP contribution in [-0.2, 0) is 9.59 Å². The highest BCUT2D eigenvalue weighted by Crippen LogP contribution is 2.18. The standard InChI is InChI=1S/C16H26N2O2/c19-15-10-5-2-6-12-18(15)13-7-11-17-16(20)14-8-3-1-4-9-14/h1,3,14H,2,4-13H2,(H,17,20). The number of nitrogens with zero attached hydrogens (tertiary/aromatic N) is 1. The third-order valence-electron chi connectivity index (χ3n) is 4.22. The van der Waals surface area contributed by atoms with Crippen molar-refractivity contribution in [2.24, 2.45) is 5.92 Å². The zero-order valence-corrected chi connectivity index (χ0v) is 12.3. The van der Waals surface area contributed by atoms with Crippen LogP contribution in [0.3, 0.4) is 0 Å². The maximum absolute atomic E-state index is 11.9. The van der Waals surface area contributed by atoms with E-state index in [1.165, 1.54) is 0 Å². The summed E-state index contributed by atoms with van der Waals surface area (Å²) in [5.41, 5.74) is 0. The van der Waals surface area contributed by atoms with Gasteiger partial charge in [-0.05, 0) is 38.5 Å². The molecule has 4 heteroatoms. The largest absolute Gasteiger partial charge is 0.356 e. The molecule has 1 N–H and O–H groups in total. The SMILES string of the molecule is O=C(NCCCN1CCCCCC1=O)C1CC=CCC1. The number of likely N-dealkylation sites (tertiary alicyclic amines) is 1. The van der Waals surface area contributed by atoms with E-state index in [-0.39, 0.29) is 17.7 Å². The molecule has 20 heavy (non-hydrogen) atoms. The second kappa shape index (κ2) is 8.08. The molecule has 0 aromatic rings. The topological polar surface area (TPSA) is 49.4 Å². The average Bonchev–Trinajstić information content (AvgIpc) is 2.69. The Morgan fingerprint density at radius 1 is 1.30 bits per heavy atom. The summed E-state index contributed by atoms with van der Waals surface area (Å²) in [5.74, 6) is 0.614. The van der Waals surface area contributed by atoms with Gasteiger partial charge >= 0.3 is 0 Å². The Balaban J connectivity index is 1.61. The lowest BCUT2D eigenvalue weighted by Gasteiger charge is -2.21. The monoisotopic (exact) mass is 278 g/mol. The summed E-state index contributed by atoms with van der Waals surface area (Å²) in [5, 5.41) is 3.01.